The van der Waals surface area contributed by atoms with Crippen LogP contribution in [0.4, 0.5) is 0 Å². The average molecular weight is 1160 g/mol. The minimum atomic E-state index is -0.765. The van der Waals surface area contributed by atoms with Crippen LogP contribution in [0.15, 0.2) is 12.2 Å². The molecule has 0 bridgehead atoms. The number of ether oxygens (including phenoxy) is 3. The monoisotopic (exact) mass is 1160 g/mol. The molecule has 6 heteroatoms. The van der Waals surface area contributed by atoms with Gasteiger partial charge in [0.05, 0.1) is 0 Å². The Hall–Kier alpha value is -1.85. The molecule has 0 saturated carbocycles. The normalized spacial score (nSPS) is 12.0. The second kappa shape index (κ2) is 71.6. The lowest BCUT2D eigenvalue weighted by molar-refractivity contribution is -0.167. The van der Waals surface area contributed by atoms with E-state index in [0.29, 0.717) is 19.3 Å². The summed E-state index contributed by atoms with van der Waals surface area (Å²) in [7, 11) is 0. The smallest absolute Gasteiger partial charge is 0.306 e. The first-order valence-electron chi connectivity index (χ1n) is 37.7. The van der Waals surface area contributed by atoms with Crippen molar-refractivity contribution in [1.82, 2.24) is 0 Å². The zero-order valence-corrected chi connectivity index (χ0v) is 56.1. The minimum absolute atomic E-state index is 0.0618. The lowest BCUT2D eigenvalue weighted by Crippen LogP contribution is -2.30. The Kier molecular flexibility index (Phi) is 70.0. The van der Waals surface area contributed by atoms with Gasteiger partial charge in [-0.05, 0) is 44.9 Å². The maximum atomic E-state index is 13.0. The van der Waals surface area contributed by atoms with Crippen molar-refractivity contribution in [3.63, 3.8) is 0 Å². The van der Waals surface area contributed by atoms with Crippen molar-refractivity contribution in [2.24, 2.45) is 0 Å². The van der Waals surface area contributed by atoms with E-state index < -0.39 is 6.10 Å². The number of unbranched alkanes of at least 4 members (excludes halogenated alkanes) is 58. The van der Waals surface area contributed by atoms with Gasteiger partial charge >= 0.3 is 17.9 Å². The van der Waals surface area contributed by atoms with Crippen molar-refractivity contribution in [3.8, 4) is 0 Å². The topological polar surface area (TPSA) is 78.9 Å². The van der Waals surface area contributed by atoms with E-state index in [-0.39, 0.29) is 31.1 Å². The van der Waals surface area contributed by atoms with Crippen LogP contribution in [-0.4, -0.2) is 37.2 Å². The van der Waals surface area contributed by atoms with Crippen LogP contribution in [0.3, 0.4) is 0 Å². The van der Waals surface area contributed by atoms with Gasteiger partial charge in [0.25, 0.3) is 0 Å². The maximum Gasteiger partial charge on any atom is 0.306 e. The average Bonchev–Trinajstić information content (AvgIpc) is 3.47. The third-order valence-corrected chi connectivity index (χ3v) is 17.5. The van der Waals surface area contributed by atoms with Crippen molar-refractivity contribution < 1.29 is 28.6 Å². The van der Waals surface area contributed by atoms with Crippen LogP contribution >= 0.6 is 0 Å². The first-order chi connectivity index (χ1) is 40.5. The largest absolute Gasteiger partial charge is 0.462 e. The molecule has 0 spiro atoms. The SMILES string of the molecule is CCCCCCCCCC/C=C\CCCCCCCCCCCCCCCCCCCCCC(=O)OCC(COC(=O)CCCCCCCCCCCCC)OC(=O)CCCCCCCCCCCCCCCCCCCCCCCC. The summed E-state index contributed by atoms with van der Waals surface area (Å²) in [5, 5.41) is 0. The summed E-state index contributed by atoms with van der Waals surface area (Å²) in [6, 6.07) is 0. The lowest BCUT2D eigenvalue weighted by atomic mass is 10.0. The molecule has 0 saturated heterocycles. The molecule has 0 rings (SSSR count). The molecule has 1 unspecified atom stereocenters. The van der Waals surface area contributed by atoms with E-state index in [1.54, 1.807) is 0 Å². The Labute approximate surface area is 513 Å². The Bertz CT molecular complexity index is 1280. The summed E-state index contributed by atoms with van der Waals surface area (Å²) in [4.78, 5) is 38.4. The van der Waals surface area contributed by atoms with Crippen molar-refractivity contribution in [1.29, 1.82) is 0 Å². The van der Waals surface area contributed by atoms with Crippen LogP contribution in [0.5, 0.6) is 0 Å². The van der Waals surface area contributed by atoms with Crippen LogP contribution in [0.25, 0.3) is 0 Å². The molecule has 0 radical (unpaired) electrons. The summed E-state index contributed by atoms with van der Waals surface area (Å²) in [5.74, 6) is -0.824. The molecule has 486 valence electrons. The molecule has 0 N–H and O–H groups in total. The van der Waals surface area contributed by atoms with Gasteiger partial charge < -0.3 is 14.2 Å². The highest BCUT2D eigenvalue weighted by molar-refractivity contribution is 5.71. The van der Waals surface area contributed by atoms with E-state index >= 15 is 0 Å². The highest BCUT2D eigenvalue weighted by Crippen LogP contribution is 2.20. The second-order valence-electron chi connectivity index (χ2n) is 25.9. The van der Waals surface area contributed by atoms with Gasteiger partial charge in [0, 0.05) is 19.3 Å². The van der Waals surface area contributed by atoms with E-state index in [0.717, 1.165) is 57.8 Å². The van der Waals surface area contributed by atoms with Gasteiger partial charge in [-0.2, -0.15) is 0 Å². The molecule has 0 aromatic carbocycles. The molecule has 0 aromatic heterocycles. The standard InChI is InChI=1S/C76H146O6/c1-4-7-10-13-16-19-22-24-26-28-30-32-34-35-36-37-38-39-40-41-42-44-45-47-49-51-54-57-60-63-66-69-75(78)81-72-73(71-80-74(77)68-65-62-59-56-53-21-18-15-12-9-6-3)82-76(79)70-67-64-61-58-55-52-50-48-46-43-33-31-29-27-25-23-20-17-14-11-8-5-2/h28,30,73H,4-27,29,31-72H2,1-3H3/b30-28-. The molecule has 0 amide bonds. The van der Waals surface area contributed by atoms with Crippen LogP contribution in [0.1, 0.15) is 438 Å². The van der Waals surface area contributed by atoms with Gasteiger partial charge in [-0.25, -0.2) is 0 Å². The number of rotatable bonds is 71. The maximum absolute atomic E-state index is 13.0. The van der Waals surface area contributed by atoms with Gasteiger partial charge in [-0.3, -0.25) is 14.4 Å². The van der Waals surface area contributed by atoms with Gasteiger partial charge in [-0.1, -0.05) is 386 Å². The minimum Gasteiger partial charge on any atom is -0.462 e. The molecule has 0 fully saturated rings. The Morgan fingerprint density at radius 2 is 0.402 bits per heavy atom. The lowest BCUT2D eigenvalue weighted by Gasteiger charge is -2.18. The fraction of sp³-hybridized carbons (Fsp3) is 0.934. The number of allylic oxidation sites excluding steroid dienone is 2. The van der Waals surface area contributed by atoms with Gasteiger partial charge in [0.1, 0.15) is 13.2 Å². The van der Waals surface area contributed by atoms with E-state index in [9.17, 15) is 14.4 Å². The van der Waals surface area contributed by atoms with Crippen molar-refractivity contribution in [2.45, 2.75) is 444 Å². The third kappa shape index (κ3) is 68.9. The summed E-state index contributed by atoms with van der Waals surface area (Å²) >= 11 is 0. The summed E-state index contributed by atoms with van der Waals surface area (Å²) < 4.78 is 17.0. The Morgan fingerprint density at radius 3 is 0.610 bits per heavy atom. The number of esters is 3. The fourth-order valence-electron chi connectivity index (χ4n) is 11.9. The van der Waals surface area contributed by atoms with Crippen LogP contribution in [0.2, 0.25) is 0 Å². The molecular formula is C76H146O6. The zero-order chi connectivity index (χ0) is 59.2. The highest BCUT2D eigenvalue weighted by Gasteiger charge is 2.20. The Balaban J connectivity index is 4.08. The van der Waals surface area contributed by atoms with E-state index in [1.165, 1.54) is 340 Å². The molecule has 0 aliphatic rings. The third-order valence-electron chi connectivity index (χ3n) is 17.5. The second-order valence-corrected chi connectivity index (χ2v) is 25.9. The predicted octanol–water partition coefficient (Wildman–Crippen LogP) is 26.0. The van der Waals surface area contributed by atoms with Crippen LogP contribution in [-0.2, 0) is 28.6 Å². The molecule has 0 aromatic rings. The molecule has 0 heterocycles. The number of carbonyl (C=O) groups excluding carboxylic acids is 3. The van der Waals surface area contributed by atoms with Crippen molar-refractivity contribution in [2.75, 3.05) is 13.2 Å². The van der Waals surface area contributed by atoms with Crippen LogP contribution < -0.4 is 0 Å². The van der Waals surface area contributed by atoms with Gasteiger partial charge in [0.15, 0.2) is 6.10 Å². The number of hydrogen-bond donors (Lipinski definition) is 0. The van der Waals surface area contributed by atoms with E-state index in [2.05, 4.69) is 32.9 Å². The first-order valence-corrected chi connectivity index (χ1v) is 37.7. The fourth-order valence-corrected chi connectivity index (χ4v) is 11.9. The molecule has 0 aliphatic carbocycles. The van der Waals surface area contributed by atoms with E-state index in [4.69, 9.17) is 14.2 Å². The first kappa shape index (κ1) is 80.2. The van der Waals surface area contributed by atoms with E-state index in [1.807, 2.05) is 0 Å². The van der Waals surface area contributed by atoms with Crippen LogP contribution in [0, 0.1) is 0 Å². The zero-order valence-electron chi connectivity index (χ0n) is 56.1. The molecular weight excluding hydrogens is 1010 g/mol. The van der Waals surface area contributed by atoms with Gasteiger partial charge in [-0.15, -0.1) is 0 Å². The number of hydrogen-bond acceptors (Lipinski definition) is 6. The molecule has 6 nitrogen and oxygen atoms in total. The quantitative estimate of drug-likeness (QED) is 0.0261. The summed E-state index contributed by atoms with van der Waals surface area (Å²) in [6.07, 6.45) is 87.0. The van der Waals surface area contributed by atoms with Gasteiger partial charge in [0.2, 0.25) is 0 Å². The molecule has 82 heavy (non-hydrogen) atoms. The van der Waals surface area contributed by atoms with Crippen molar-refractivity contribution >= 4 is 17.9 Å². The summed E-state index contributed by atoms with van der Waals surface area (Å²) in [6.45, 7) is 6.73. The molecule has 0 aliphatic heterocycles. The highest BCUT2D eigenvalue weighted by atomic mass is 16.6. The molecule has 1 atom stereocenters. The van der Waals surface area contributed by atoms with Crippen molar-refractivity contribution in [3.05, 3.63) is 12.2 Å². The predicted molar refractivity (Wildman–Crippen MR) is 358 cm³/mol. The summed E-state index contributed by atoms with van der Waals surface area (Å²) in [5.41, 5.74) is 0. The number of carbonyl (C=O) groups is 3. The Morgan fingerprint density at radius 1 is 0.232 bits per heavy atom.